The van der Waals surface area contributed by atoms with Crippen molar-refractivity contribution in [3.63, 3.8) is 0 Å². The average Bonchev–Trinajstić information content (AvgIpc) is 3.21. The molecule has 2 heterocycles. The number of nitrogens with zero attached hydrogens (tertiary/aromatic N) is 2. The molecule has 1 aromatic heterocycles. The monoisotopic (exact) mass is 329 g/mol. The number of rotatable bonds is 7. The Morgan fingerprint density at radius 2 is 2.12 bits per heavy atom. The number of hydrogen-bond donors (Lipinski definition) is 1. The van der Waals surface area contributed by atoms with E-state index in [0.717, 1.165) is 31.7 Å². The summed E-state index contributed by atoms with van der Waals surface area (Å²) in [6, 6.07) is 10.8. The Morgan fingerprint density at radius 3 is 2.79 bits per heavy atom. The van der Waals surface area contributed by atoms with E-state index in [0.29, 0.717) is 12.0 Å². The molecular weight excluding hydrogens is 302 g/mol. The molecular formula is C19H27N3O2. The highest BCUT2D eigenvalue weighted by Crippen LogP contribution is 2.33. The molecule has 0 radical (unpaired) electrons. The van der Waals surface area contributed by atoms with Gasteiger partial charge in [0.15, 0.2) is 0 Å². The van der Waals surface area contributed by atoms with Crippen molar-refractivity contribution >= 4 is 0 Å². The third kappa shape index (κ3) is 3.97. The summed E-state index contributed by atoms with van der Waals surface area (Å²) < 4.78 is 13.1. The summed E-state index contributed by atoms with van der Waals surface area (Å²) in [5.41, 5.74) is 2.49. The smallest absolute Gasteiger partial charge is 0.118 e. The van der Waals surface area contributed by atoms with Gasteiger partial charge in [-0.25, -0.2) is 0 Å². The molecule has 5 nitrogen and oxygen atoms in total. The van der Waals surface area contributed by atoms with Crippen LogP contribution in [0.3, 0.4) is 0 Å². The van der Waals surface area contributed by atoms with Crippen LogP contribution in [0.5, 0.6) is 5.75 Å². The normalized spacial score (nSPS) is 21.8. The Labute approximate surface area is 144 Å². The molecule has 1 saturated heterocycles. The molecule has 24 heavy (non-hydrogen) atoms. The number of methoxy groups -OCH3 is 1. The first-order valence-electron chi connectivity index (χ1n) is 8.63. The SMILES string of the molecule is COc1ccc(C[C@H](C)NC[C@@H]2CCO[C@H]2c2ccnn2C)cc1. The molecule has 5 heteroatoms. The average molecular weight is 329 g/mol. The molecule has 2 aromatic rings. The Kier molecular flexibility index (Phi) is 5.53. The van der Waals surface area contributed by atoms with Crippen LogP contribution in [0.4, 0.5) is 0 Å². The fourth-order valence-corrected chi connectivity index (χ4v) is 3.37. The molecule has 1 aliphatic heterocycles. The molecule has 1 aliphatic rings. The van der Waals surface area contributed by atoms with Gasteiger partial charge in [-0.2, -0.15) is 5.10 Å². The van der Waals surface area contributed by atoms with E-state index in [-0.39, 0.29) is 6.10 Å². The van der Waals surface area contributed by atoms with Crippen LogP contribution in [-0.4, -0.2) is 36.1 Å². The van der Waals surface area contributed by atoms with Crippen molar-refractivity contribution in [3.05, 3.63) is 47.8 Å². The highest BCUT2D eigenvalue weighted by molar-refractivity contribution is 5.27. The van der Waals surface area contributed by atoms with E-state index in [1.807, 2.05) is 30.1 Å². The first kappa shape index (κ1) is 17.0. The molecule has 0 amide bonds. The fourth-order valence-electron chi connectivity index (χ4n) is 3.37. The minimum absolute atomic E-state index is 0.151. The minimum Gasteiger partial charge on any atom is -0.497 e. The molecule has 1 aromatic carbocycles. The lowest BCUT2D eigenvalue weighted by atomic mass is 9.98. The third-order valence-corrected chi connectivity index (χ3v) is 4.79. The summed E-state index contributed by atoms with van der Waals surface area (Å²) in [5.74, 6) is 1.40. The van der Waals surface area contributed by atoms with Gasteiger partial charge < -0.3 is 14.8 Å². The van der Waals surface area contributed by atoms with Gasteiger partial charge in [-0.3, -0.25) is 4.68 Å². The van der Waals surface area contributed by atoms with Crippen molar-refractivity contribution in [2.24, 2.45) is 13.0 Å². The predicted molar refractivity (Wildman–Crippen MR) is 94.2 cm³/mol. The van der Waals surface area contributed by atoms with Crippen molar-refractivity contribution < 1.29 is 9.47 Å². The van der Waals surface area contributed by atoms with Gasteiger partial charge >= 0.3 is 0 Å². The van der Waals surface area contributed by atoms with Gasteiger partial charge in [0.2, 0.25) is 0 Å². The fraction of sp³-hybridized carbons (Fsp3) is 0.526. The lowest BCUT2D eigenvalue weighted by Crippen LogP contribution is -2.34. The molecule has 3 atom stereocenters. The maximum Gasteiger partial charge on any atom is 0.118 e. The number of benzene rings is 1. The summed E-state index contributed by atoms with van der Waals surface area (Å²) in [5, 5.41) is 7.94. The van der Waals surface area contributed by atoms with Crippen LogP contribution in [0.25, 0.3) is 0 Å². The van der Waals surface area contributed by atoms with Gasteiger partial charge in [-0.15, -0.1) is 0 Å². The maximum absolute atomic E-state index is 5.95. The van der Waals surface area contributed by atoms with Gasteiger partial charge in [0.25, 0.3) is 0 Å². The molecule has 130 valence electrons. The second-order valence-corrected chi connectivity index (χ2v) is 6.58. The Hall–Kier alpha value is -1.85. The quantitative estimate of drug-likeness (QED) is 0.848. The van der Waals surface area contributed by atoms with Crippen LogP contribution >= 0.6 is 0 Å². The van der Waals surface area contributed by atoms with E-state index in [2.05, 4.69) is 35.5 Å². The number of hydrogen-bond acceptors (Lipinski definition) is 4. The van der Waals surface area contributed by atoms with Gasteiger partial charge in [-0.1, -0.05) is 12.1 Å². The Balaban J connectivity index is 1.51. The molecule has 0 spiro atoms. The maximum atomic E-state index is 5.95. The number of aromatic nitrogens is 2. The minimum atomic E-state index is 0.151. The van der Waals surface area contributed by atoms with Crippen LogP contribution in [0.2, 0.25) is 0 Å². The van der Waals surface area contributed by atoms with E-state index in [4.69, 9.17) is 9.47 Å². The van der Waals surface area contributed by atoms with Crippen molar-refractivity contribution in [1.29, 1.82) is 0 Å². The summed E-state index contributed by atoms with van der Waals surface area (Å²) in [7, 11) is 3.68. The lowest BCUT2D eigenvalue weighted by Gasteiger charge is -2.22. The molecule has 0 aliphatic carbocycles. The highest BCUT2D eigenvalue weighted by atomic mass is 16.5. The van der Waals surface area contributed by atoms with E-state index in [9.17, 15) is 0 Å². The van der Waals surface area contributed by atoms with Crippen LogP contribution in [0.15, 0.2) is 36.5 Å². The number of nitrogens with one attached hydrogen (secondary N) is 1. The summed E-state index contributed by atoms with van der Waals surface area (Å²) in [6.45, 7) is 4.03. The third-order valence-electron chi connectivity index (χ3n) is 4.79. The first-order chi connectivity index (χ1) is 11.7. The van der Waals surface area contributed by atoms with Crippen molar-refractivity contribution in [1.82, 2.24) is 15.1 Å². The Morgan fingerprint density at radius 1 is 1.33 bits per heavy atom. The van der Waals surface area contributed by atoms with Gasteiger partial charge in [0.1, 0.15) is 11.9 Å². The van der Waals surface area contributed by atoms with E-state index < -0.39 is 0 Å². The second-order valence-electron chi connectivity index (χ2n) is 6.58. The standard InChI is InChI=1S/C19H27N3O2/c1-14(12-15-4-6-17(23-3)7-5-15)20-13-16-9-11-24-19(16)18-8-10-21-22(18)2/h4-8,10,14,16,19-20H,9,11-13H2,1-3H3/t14-,16-,19+/m0/s1. The Bertz CT molecular complexity index is 638. The van der Waals surface area contributed by atoms with Gasteiger partial charge in [0, 0.05) is 38.4 Å². The van der Waals surface area contributed by atoms with Crippen molar-refractivity contribution in [2.75, 3.05) is 20.3 Å². The van der Waals surface area contributed by atoms with Gasteiger partial charge in [0.05, 0.1) is 12.8 Å². The topological polar surface area (TPSA) is 48.3 Å². The van der Waals surface area contributed by atoms with E-state index in [1.165, 1.54) is 11.3 Å². The molecule has 0 bridgehead atoms. The zero-order valence-corrected chi connectivity index (χ0v) is 14.7. The predicted octanol–water partition coefficient (Wildman–Crippen LogP) is 2.73. The number of ether oxygens (including phenoxy) is 2. The van der Waals surface area contributed by atoms with Crippen LogP contribution in [0, 0.1) is 5.92 Å². The van der Waals surface area contributed by atoms with Crippen molar-refractivity contribution in [2.45, 2.75) is 31.9 Å². The van der Waals surface area contributed by atoms with Crippen LogP contribution in [0.1, 0.15) is 30.7 Å². The molecule has 0 unspecified atom stereocenters. The zero-order valence-electron chi connectivity index (χ0n) is 14.7. The summed E-state index contributed by atoms with van der Waals surface area (Å²) >= 11 is 0. The molecule has 0 saturated carbocycles. The zero-order chi connectivity index (χ0) is 16.9. The molecule has 1 fully saturated rings. The van der Waals surface area contributed by atoms with Crippen LogP contribution in [-0.2, 0) is 18.2 Å². The second kappa shape index (κ2) is 7.81. The lowest BCUT2D eigenvalue weighted by molar-refractivity contribution is 0.0833. The van der Waals surface area contributed by atoms with Crippen LogP contribution < -0.4 is 10.1 Å². The first-order valence-corrected chi connectivity index (χ1v) is 8.63. The highest BCUT2D eigenvalue weighted by Gasteiger charge is 2.31. The van der Waals surface area contributed by atoms with Gasteiger partial charge in [-0.05, 0) is 43.5 Å². The molecule has 1 N–H and O–H groups in total. The van der Waals surface area contributed by atoms with E-state index >= 15 is 0 Å². The largest absolute Gasteiger partial charge is 0.497 e. The number of aryl methyl sites for hydroxylation is 1. The molecule has 3 rings (SSSR count). The summed E-state index contributed by atoms with van der Waals surface area (Å²) in [4.78, 5) is 0. The van der Waals surface area contributed by atoms with Crippen molar-refractivity contribution in [3.8, 4) is 5.75 Å². The van der Waals surface area contributed by atoms with E-state index in [1.54, 1.807) is 7.11 Å². The summed E-state index contributed by atoms with van der Waals surface area (Å²) in [6.07, 6.45) is 4.10.